The summed E-state index contributed by atoms with van der Waals surface area (Å²) >= 11 is 0. The third-order valence-corrected chi connectivity index (χ3v) is 5.73. The third kappa shape index (κ3) is 3.72. The maximum absolute atomic E-state index is 12.4. The van der Waals surface area contributed by atoms with E-state index in [1.54, 1.807) is 19.9 Å². The van der Waals surface area contributed by atoms with Crippen LogP contribution < -0.4 is 0 Å². The molecule has 2 N–H and O–H groups in total. The SMILES string of the molecule is C=C1C(=O)OC2C=C(C)C(O)CC3OC3(C)CC(OC(=O)C(=CC)CO)C12. The molecule has 0 aromatic rings. The van der Waals surface area contributed by atoms with Crippen LogP contribution in [0.2, 0.25) is 0 Å². The molecule has 0 spiro atoms. The summed E-state index contributed by atoms with van der Waals surface area (Å²) in [5, 5.41) is 19.7. The number of allylic oxidation sites excluding steroid dienone is 1. The number of epoxide rings is 1. The number of rotatable bonds is 3. The van der Waals surface area contributed by atoms with Gasteiger partial charge in [-0.1, -0.05) is 12.7 Å². The summed E-state index contributed by atoms with van der Waals surface area (Å²) in [4.78, 5) is 24.6. The summed E-state index contributed by atoms with van der Waals surface area (Å²) in [5.41, 5.74) is 0.459. The number of hydrogen-bond donors (Lipinski definition) is 2. The summed E-state index contributed by atoms with van der Waals surface area (Å²) in [7, 11) is 0. The molecule has 7 heteroatoms. The molecule has 2 heterocycles. The van der Waals surface area contributed by atoms with Gasteiger partial charge < -0.3 is 24.4 Å². The van der Waals surface area contributed by atoms with Crippen LogP contribution in [-0.2, 0) is 23.8 Å². The van der Waals surface area contributed by atoms with Gasteiger partial charge in [0.25, 0.3) is 0 Å². The fraction of sp³-hybridized carbons (Fsp3) is 0.600. The van der Waals surface area contributed by atoms with Crippen LogP contribution in [0.15, 0.2) is 35.5 Å². The van der Waals surface area contributed by atoms with E-state index >= 15 is 0 Å². The first-order chi connectivity index (χ1) is 12.7. The molecule has 2 fully saturated rings. The van der Waals surface area contributed by atoms with Crippen LogP contribution in [0.1, 0.15) is 33.6 Å². The highest BCUT2D eigenvalue weighted by Crippen LogP contribution is 2.47. The van der Waals surface area contributed by atoms with Crippen LogP contribution in [0.25, 0.3) is 0 Å². The minimum atomic E-state index is -0.711. The highest BCUT2D eigenvalue weighted by molar-refractivity contribution is 5.92. The van der Waals surface area contributed by atoms with Crippen LogP contribution in [-0.4, -0.2) is 58.8 Å². The van der Waals surface area contributed by atoms with E-state index in [1.807, 2.05) is 6.92 Å². The molecular formula is C20H26O7. The highest BCUT2D eigenvalue weighted by Gasteiger charge is 2.57. The van der Waals surface area contributed by atoms with Crippen molar-refractivity contribution in [3.05, 3.63) is 35.5 Å². The maximum Gasteiger partial charge on any atom is 0.336 e. The van der Waals surface area contributed by atoms with Gasteiger partial charge in [0.2, 0.25) is 0 Å². The normalized spacial score (nSPS) is 39.1. The van der Waals surface area contributed by atoms with Crippen molar-refractivity contribution < 1.29 is 34.0 Å². The Morgan fingerprint density at radius 2 is 2.22 bits per heavy atom. The number of esters is 2. The molecule has 1 aliphatic carbocycles. The molecule has 2 aliphatic heterocycles. The average Bonchev–Trinajstić information content (AvgIpc) is 3.13. The van der Waals surface area contributed by atoms with Gasteiger partial charge in [-0.3, -0.25) is 0 Å². The Kier molecular flexibility index (Phi) is 5.29. The van der Waals surface area contributed by atoms with Crippen LogP contribution in [0.5, 0.6) is 0 Å². The lowest BCUT2D eigenvalue weighted by Crippen LogP contribution is -2.38. The molecule has 0 amide bonds. The molecule has 7 nitrogen and oxygen atoms in total. The van der Waals surface area contributed by atoms with E-state index in [1.165, 1.54) is 6.08 Å². The molecule has 3 rings (SSSR count). The number of aliphatic hydroxyl groups excluding tert-OH is 2. The Morgan fingerprint density at radius 1 is 1.52 bits per heavy atom. The van der Waals surface area contributed by atoms with Gasteiger partial charge in [-0.25, -0.2) is 9.59 Å². The van der Waals surface area contributed by atoms with Crippen molar-refractivity contribution in [3.8, 4) is 0 Å². The number of carbonyl (C=O) groups is 2. The van der Waals surface area contributed by atoms with Crippen molar-refractivity contribution in [2.24, 2.45) is 5.92 Å². The van der Waals surface area contributed by atoms with E-state index in [0.717, 1.165) is 0 Å². The molecule has 0 saturated carbocycles. The van der Waals surface area contributed by atoms with Gasteiger partial charge in [-0.05, 0) is 32.4 Å². The minimum Gasteiger partial charge on any atom is -0.458 e. The molecule has 0 bridgehead atoms. The van der Waals surface area contributed by atoms with Gasteiger partial charge in [0.05, 0.1) is 35.9 Å². The number of aliphatic hydroxyl groups is 2. The van der Waals surface area contributed by atoms with Crippen LogP contribution in [0.4, 0.5) is 0 Å². The summed E-state index contributed by atoms with van der Waals surface area (Å²) in [6.45, 7) is 8.69. The van der Waals surface area contributed by atoms with E-state index in [4.69, 9.17) is 14.2 Å². The predicted octanol–water partition coefficient (Wildman–Crippen LogP) is 1.19. The molecule has 2 saturated heterocycles. The van der Waals surface area contributed by atoms with Crippen LogP contribution in [0.3, 0.4) is 0 Å². The Bertz CT molecular complexity index is 722. The Labute approximate surface area is 158 Å². The first kappa shape index (κ1) is 19.8. The first-order valence-electron chi connectivity index (χ1n) is 9.11. The fourth-order valence-electron chi connectivity index (χ4n) is 3.84. The van der Waals surface area contributed by atoms with Gasteiger partial charge in [-0.15, -0.1) is 0 Å². The zero-order valence-corrected chi connectivity index (χ0v) is 15.8. The quantitative estimate of drug-likeness (QED) is 0.329. The lowest BCUT2D eigenvalue weighted by atomic mass is 9.82. The molecular weight excluding hydrogens is 352 g/mol. The second kappa shape index (κ2) is 7.22. The maximum atomic E-state index is 12.4. The molecule has 0 radical (unpaired) electrons. The smallest absolute Gasteiger partial charge is 0.336 e. The standard InChI is InChI=1S/C20H26O7/c1-5-12(9-21)19(24)26-15-8-20(4)16(27-20)7-13(22)10(2)6-14-17(15)11(3)18(23)25-14/h5-6,13-17,21-22H,3,7-9H2,1-2,4H3. The Morgan fingerprint density at radius 3 is 2.85 bits per heavy atom. The van der Waals surface area contributed by atoms with Gasteiger partial charge in [-0.2, -0.15) is 0 Å². The number of fused-ring (bicyclic) bond motifs is 2. The highest BCUT2D eigenvalue weighted by atomic mass is 16.6. The number of hydrogen-bond acceptors (Lipinski definition) is 7. The van der Waals surface area contributed by atoms with E-state index < -0.39 is 48.4 Å². The molecule has 6 unspecified atom stereocenters. The van der Waals surface area contributed by atoms with Gasteiger partial charge in [0.15, 0.2) is 0 Å². The van der Waals surface area contributed by atoms with Crippen molar-refractivity contribution >= 4 is 11.9 Å². The first-order valence-corrected chi connectivity index (χ1v) is 9.11. The van der Waals surface area contributed by atoms with Crippen LogP contribution >= 0.6 is 0 Å². The fourth-order valence-corrected chi connectivity index (χ4v) is 3.84. The van der Waals surface area contributed by atoms with Gasteiger partial charge in [0.1, 0.15) is 12.2 Å². The lowest BCUT2D eigenvalue weighted by Gasteiger charge is -2.29. The Hall–Kier alpha value is -1.96. The van der Waals surface area contributed by atoms with Crippen molar-refractivity contribution in [3.63, 3.8) is 0 Å². The topological polar surface area (TPSA) is 106 Å². The predicted molar refractivity (Wildman–Crippen MR) is 95.5 cm³/mol. The summed E-state index contributed by atoms with van der Waals surface area (Å²) in [5.74, 6) is -1.77. The van der Waals surface area contributed by atoms with Crippen molar-refractivity contribution in [2.45, 2.75) is 63.6 Å². The summed E-state index contributed by atoms with van der Waals surface area (Å²) < 4.78 is 16.9. The van der Waals surface area contributed by atoms with E-state index in [2.05, 4.69) is 6.58 Å². The third-order valence-electron chi connectivity index (χ3n) is 5.73. The summed E-state index contributed by atoms with van der Waals surface area (Å²) in [6, 6.07) is 0. The minimum absolute atomic E-state index is 0.139. The molecule has 3 aliphatic rings. The van der Waals surface area contributed by atoms with Crippen molar-refractivity contribution in [2.75, 3.05) is 6.61 Å². The molecule has 0 aromatic carbocycles. The van der Waals surface area contributed by atoms with E-state index in [9.17, 15) is 19.8 Å². The van der Waals surface area contributed by atoms with Gasteiger partial charge in [0, 0.05) is 18.4 Å². The molecule has 27 heavy (non-hydrogen) atoms. The largest absolute Gasteiger partial charge is 0.458 e. The second-order valence-electron chi connectivity index (χ2n) is 7.62. The number of carbonyl (C=O) groups excluding carboxylic acids is 2. The monoisotopic (exact) mass is 378 g/mol. The van der Waals surface area contributed by atoms with Gasteiger partial charge >= 0.3 is 11.9 Å². The van der Waals surface area contributed by atoms with Crippen molar-refractivity contribution in [1.82, 2.24) is 0 Å². The molecule has 6 atom stereocenters. The Balaban J connectivity index is 1.97. The zero-order chi connectivity index (χ0) is 19.9. The molecule has 0 aromatic heterocycles. The van der Waals surface area contributed by atoms with Crippen LogP contribution in [0, 0.1) is 5.92 Å². The lowest BCUT2D eigenvalue weighted by molar-refractivity contribution is -0.149. The zero-order valence-electron chi connectivity index (χ0n) is 15.8. The average molecular weight is 378 g/mol. The van der Waals surface area contributed by atoms with E-state index in [0.29, 0.717) is 18.4 Å². The molecule has 148 valence electrons. The summed E-state index contributed by atoms with van der Waals surface area (Å²) in [6.07, 6.45) is 1.68. The number of ether oxygens (including phenoxy) is 3. The van der Waals surface area contributed by atoms with E-state index in [-0.39, 0.29) is 17.3 Å². The van der Waals surface area contributed by atoms with Crippen molar-refractivity contribution in [1.29, 1.82) is 0 Å². The second-order valence-corrected chi connectivity index (χ2v) is 7.62.